The first-order chi connectivity index (χ1) is 15.3. The summed E-state index contributed by atoms with van der Waals surface area (Å²) in [5.41, 5.74) is 4.81. The Morgan fingerprint density at radius 1 is 0.419 bits per heavy atom. The minimum Gasteiger partial charge on any atom is -0.208 e. The molecule has 0 unspecified atom stereocenters. The largest absolute Gasteiger partial charge is 0.208 e. The van der Waals surface area contributed by atoms with Crippen LogP contribution in [0.2, 0.25) is 5.02 Å². The van der Waals surface area contributed by atoms with Crippen LogP contribution in [0.1, 0.15) is 0 Å². The average molecular weight is 420 g/mol. The molecule has 0 fully saturated rings. The highest BCUT2D eigenvalue weighted by molar-refractivity contribution is 6.33. The molecule has 0 spiro atoms. The van der Waals surface area contributed by atoms with Crippen LogP contribution in [0.15, 0.2) is 109 Å². The summed E-state index contributed by atoms with van der Waals surface area (Å²) in [6, 6.07) is 36.0. The highest BCUT2D eigenvalue weighted by Crippen LogP contribution is 2.32. The third kappa shape index (κ3) is 4.09. The summed E-state index contributed by atoms with van der Waals surface area (Å²) < 4.78 is 0. The molecule has 1 heterocycles. The zero-order valence-corrected chi connectivity index (χ0v) is 17.4. The summed E-state index contributed by atoms with van der Waals surface area (Å²) in [7, 11) is 0. The lowest BCUT2D eigenvalue weighted by Crippen LogP contribution is -2.00. The minimum atomic E-state index is 0.551. The molecule has 0 bridgehead atoms. The van der Waals surface area contributed by atoms with E-state index in [9.17, 15) is 0 Å². The summed E-state index contributed by atoms with van der Waals surface area (Å²) in [5.74, 6) is 1.78. The summed E-state index contributed by atoms with van der Waals surface area (Å²) in [4.78, 5) is 14.3. The standard InChI is InChI=1S/C27H18ClN3/c28-24-17-16-22(19-10-4-1-5-11-19)18-23(24)27-30-25(20-12-6-2-7-13-20)29-26(31-27)21-14-8-3-9-15-21/h1-18H. The van der Waals surface area contributed by atoms with Crippen molar-refractivity contribution in [1.29, 1.82) is 0 Å². The topological polar surface area (TPSA) is 38.7 Å². The lowest BCUT2D eigenvalue weighted by molar-refractivity contribution is 1.07. The van der Waals surface area contributed by atoms with E-state index >= 15 is 0 Å². The Morgan fingerprint density at radius 2 is 0.871 bits per heavy atom. The lowest BCUT2D eigenvalue weighted by atomic mass is 10.0. The van der Waals surface area contributed by atoms with Crippen molar-refractivity contribution in [3.63, 3.8) is 0 Å². The Bertz CT molecular complexity index is 1260. The van der Waals surface area contributed by atoms with E-state index in [0.717, 1.165) is 27.8 Å². The lowest BCUT2D eigenvalue weighted by Gasteiger charge is -2.11. The second-order valence-corrected chi connectivity index (χ2v) is 7.51. The second kappa shape index (κ2) is 8.50. The van der Waals surface area contributed by atoms with E-state index in [0.29, 0.717) is 22.5 Å². The number of benzene rings is 4. The van der Waals surface area contributed by atoms with Crippen molar-refractivity contribution in [2.75, 3.05) is 0 Å². The summed E-state index contributed by atoms with van der Waals surface area (Å²) in [5, 5.41) is 0.601. The van der Waals surface area contributed by atoms with Gasteiger partial charge in [0.25, 0.3) is 0 Å². The van der Waals surface area contributed by atoms with Crippen molar-refractivity contribution >= 4 is 11.6 Å². The van der Waals surface area contributed by atoms with Crippen LogP contribution in [0.3, 0.4) is 0 Å². The normalized spacial score (nSPS) is 10.7. The van der Waals surface area contributed by atoms with Gasteiger partial charge in [0.1, 0.15) is 0 Å². The van der Waals surface area contributed by atoms with Crippen LogP contribution in [0.5, 0.6) is 0 Å². The molecule has 3 nitrogen and oxygen atoms in total. The van der Waals surface area contributed by atoms with Gasteiger partial charge in [0.2, 0.25) is 0 Å². The number of nitrogens with zero attached hydrogens (tertiary/aromatic N) is 3. The third-order valence-electron chi connectivity index (χ3n) is 5.01. The van der Waals surface area contributed by atoms with Crippen molar-refractivity contribution in [3.05, 3.63) is 114 Å². The Balaban J connectivity index is 1.70. The molecule has 0 saturated carbocycles. The Morgan fingerprint density at radius 3 is 1.39 bits per heavy atom. The van der Waals surface area contributed by atoms with E-state index in [2.05, 4.69) is 12.1 Å². The Kier molecular flexibility index (Phi) is 5.26. The van der Waals surface area contributed by atoms with Crippen LogP contribution in [-0.4, -0.2) is 15.0 Å². The van der Waals surface area contributed by atoms with E-state index in [-0.39, 0.29) is 0 Å². The van der Waals surface area contributed by atoms with Gasteiger partial charge in [0, 0.05) is 16.7 Å². The van der Waals surface area contributed by atoms with E-state index in [1.165, 1.54) is 0 Å². The molecule has 0 atom stereocenters. The fourth-order valence-electron chi connectivity index (χ4n) is 3.44. The molecular weight excluding hydrogens is 402 g/mol. The molecule has 5 rings (SSSR count). The predicted molar refractivity (Wildman–Crippen MR) is 127 cm³/mol. The van der Waals surface area contributed by atoms with Crippen LogP contribution in [0.4, 0.5) is 0 Å². The van der Waals surface area contributed by atoms with E-state index < -0.39 is 0 Å². The van der Waals surface area contributed by atoms with Crippen molar-refractivity contribution in [1.82, 2.24) is 15.0 Å². The summed E-state index contributed by atoms with van der Waals surface area (Å²) in [6.45, 7) is 0. The molecule has 0 aliphatic carbocycles. The van der Waals surface area contributed by atoms with Gasteiger partial charge in [-0.1, -0.05) is 109 Å². The fraction of sp³-hybridized carbons (Fsp3) is 0. The van der Waals surface area contributed by atoms with E-state index in [1.807, 2.05) is 97.1 Å². The maximum Gasteiger partial charge on any atom is 0.165 e. The van der Waals surface area contributed by atoms with Gasteiger partial charge < -0.3 is 0 Å². The smallest absolute Gasteiger partial charge is 0.165 e. The monoisotopic (exact) mass is 419 g/mol. The van der Waals surface area contributed by atoms with E-state index in [4.69, 9.17) is 26.6 Å². The van der Waals surface area contributed by atoms with Gasteiger partial charge in [-0.15, -0.1) is 0 Å². The first-order valence-electron chi connectivity index (χ1n) is 10.0. The molecule has 0 N–H and O–H groups in total. The number of rotatable bonds is 4. The summed E-state index contributed by atoms with van der Waals surface area (Å²) in [6.07, 6.45) is 0. The fourth-order valence-corrected chi connectivity index (χ4v) is 3.64. The van der Waals surface area contributed by atoms with Gasteiger partial charge >= 0.3 is 0 Å². The number of hydrogen-bond acceptors (Lipinski definition) is 3. The molecule has 0 aliphatic rings. The van der Waals surface area contributed by atoms with Crippen LogP contribution < -0.4 is 0 Å². The molecule has 1 aromatic heterocycles. The Labute approximate surface area is 186 Å². The molecule has 0 radical (unpaired) electrons. The summed E-state index contributed by atoms with van der Waals surface area (Å²) >= 11 is 6.61. The van der Waals surface area contributed by atoms with Gasteiger partial charge in [0.05, 0.1) is 5.02 Å². The molecule has 0 amide bonds. The minimum absolute atomic E-state index is 0.551. The molecule has 0 aliphatic heterocycles. The van der Waals surface area contributed by atoms with Gasteiger partial charge in [-0.05, 0) is 23.3 Å². The second-order valence-electron chi connectivity index (χ2n) is 7.10. The predicted octanol–water partition coefficient (Wildman–Crippen LogP) is 7.19. The van der Waals surface area contributed by atoms with Crippen molar-refractivity contribution in [2.24, 2.45) is 0 Å². The first kappa shape index (κ1) is 19.2. The molecule has 31 heavy (non-hydrogen) atoms. The molecular formula is C27H18ClN3. The third-order valence-corrected chi connectivity index (χ3v) is 5.34. The highest BCUT2D eigenvalue weighted by atomic mass is 35.5. The van der Waals surface area contributed by atoms with Crippen molar-refractivity contribution < 1.29 is 0 Å². The van der Waals surface area contributed by atoms with Gasteiger partial charge in [0.15, 0.2) is 17.5 Å². The van der Waals surface area contributed by atoms with Gasteiger partial charge in [-0.25, -0.2) is 15.0 Å². The molecule has 5 aromatic rings. The highest BCUT2D eigenvalue weighted by Gasteiger charge is 2.15. The van der Waals surface area contributed by atoms with Crippen molar-refractivity contribution in [2.45, 2.75) is 0 Å². The number of halogens is 1. The van der Waals surface area contributed by atoms with Crippen molar-refractivity contribution in [3.8, 4) is 45.3 Å². The maximum absolute atomic E-state index is 6.61. The zero-order valence-electron chi connectivity index (χ0n) is 16.6. The SMILES string of the molecule is Clc1ccc(-c2ccccc2)cc1-c1nc(-c2ccccc2)nc(-c2ccccc2)n1. The van der Waals surface area contributed by atoms with Gasteiger partial charge in [-0.2, -0.15) is 0 Å². The number of hydrogen-bond donors (Lipinski definition) is 0. The van der Waals surface area contributed by atoms with Crippen LogP contribution in [0, 0.1) is 0 Å². The van der Waals surface area contributed by atoms with Crippen LogP contribution in [-0.2, 0) is 0 Å². The molecule has 4 heteroatoms. The zero-order chi connectivity index (χ0) is 21.0. The Hall–Kier alpha value is -3.82. The number of aromatic nitrogens is 3. The maximum atomic E-state index is 6.61. The van der Waals surface area contributed by atoms with Gasteiger partial charge in [-0.3, -0.25) is 0 Å². The molecule has 4 aromatic carbocycles. The first-order valence-corrected chi connectivity index (χ1v) is 10.4. The molecule has 148 valence electrons. The quantitative estimate of drug-likeness (QED) is 0.309. The van der Waals surface area contributed by atoms with E-state index in [1.54, 1.807) is 0 Å². The average Bonchev–Trinajstić information content (AvgIpc) is 2.86. The molecule has 0 saturated heterocycles. The van der Waals surface area contributed by atoms with Crippen LogP contribution >= 0.6 is 11.6 Å². The van der Waals surface area contributed by atoms with Crippen LogP contribution in [0.25, 0.3) is 45.3 Å².